The first-order valence-corrected chi connectivity index (χ1v) is 5.42. The zero-order valence-corrected chi connectivity index (χ0v) is 9.51. The molecule has 0 unspecified atom stereocenters. The van der Waals surface area contributed by atoms with Crippen molar-refractivity contribution in [3.63, 3.8) is 0 Å². The lowest BCUT2D eigenvalue weighted by atomic mass is 10.1. The van der Waals surface area contributed by atoms with Crippen LogP contribution in [0.3, 0.4) is 0 Å². The van der Waals surface area contributed by atoms with Gasteiger partial charge in [0, 0.05) is 12.1 Å². The Hall–Kier alpha value is -1.91. The maximum Gasteiger partial charge on any atom is 0.156 e. The van der Waals surface area contributed by atoms with Crippen LogP contribution < -0.4 is 5.73 Å². The molecule has 1 heterocycles. The second-order valence-corrected chi connectivity index (χ2v) is 3.60. The molecule has 5 nitrogen and oxygen atoms in total. The minimum Gasteiger partial charge on any atom is -0.398 e. The molecule has 0 fully saturated rings. The maximum absolute atomic E-state index is 5.95. The molecule has 0 saturated carbocycles. The number of anilines is 1. The molecule has 0 bridgehead atoms. The molecule has 0 atom stereocenters. The van der Waals surface area contributed by atoms with Gasteiger partial charge in [0.15, 0.2) is 5.82 Å². The standard InChI is InChI=1S/C11H15N5/c1-3-8-5-6-9(7-10(8)12)16-11(4-2)13-14-15-16/h5-7H,3-4,12H2,1-2H3. The minimum atomic E-state index is 0.789. The molecule has 1 aromatic carbocycles. The Labute approximate surface area is 94.3 Å². The number of tetrazole rings is 1. The van der Waals surface area contributed by atoms with Crippen LogP contribution in [0.15, 0.2) is 18.2 Å². The van der Waals surface area contributed by atoms with E-state index >= 15 is 0 Å². The summed E-state index contributed by atoms with van der Waals surface area (Å²) >= 11 is 0. The molecule has 2 rings (SSSR count). The van der Waals surface area contributed by atoms with Crippen LogP contribution >= 0.6 is 0 Å². The van der Waals surface area contributed by atoms with Crippen molar-refractivity contribution in [2.45, 2.75) is 26.7 Å². The number of nitrogens with zero attached hydrogens (tertiary/aromatic N) is 4. The molecule has 0 aliphatic carbocycles. The molecule has 5 heteroatoms. The van der Waals surface area contributed by atoms with Gasteiger partial charge in [-0.2, -0.15) is 4.68 Å². The van der Waals surface area contributed by atoms with Gasteiger partial charge in [0.2, 0.25) is 0 Å². The van der Waals surface area contributed by atoms with E-state index in [1.165, 1.54) is 0 Å². The quantitative estimate of drug-likeness (QED) is 0.788. The molecule has 0 spiro atoms. The molecule has 0 amide bonds. The monoisotopic (exact) mass is 217 g/mol. The molecule has 0 radical (unpaired) electrons. The molecular weight excluding hydrogens is 202 g/mol. The van der Waals surface area contributed by atoms with E-state index in [0.717, 1.165) is 35.6 Å². The molecular formula is C11H15N5. The average molecular weight is 217 g/mol. The lowest BCUT2D eigenvalue weighted by Gasteiger charge is -2.07. The fourth-order valence-electron chi connectivity index (χ4n) is 1.66. The van der Waals surface area contributed by atoms with E-state index in [0.29, 0.717) is 0 Å². The summed E-state index contributed by atoms with van der Waals surface area (Å²) in [6.45, 7) is 4.10. The smallest absolute Gasteiger partial charge is 0.156 e. The maximum atomic E-state index is 5.95. The lowest BCUT2D eigenvalue weighted by Crippen LogP contribution is -2.04. The van der Waals surface area contributed by atoms with Gasteiger partial charge in [-0.1, -0.05) is 19.9 Å². The third kappa shape index (κ3) is 1.76. The number of hydrogen-bond acceptors (Lipinski definition) is 4. The third-order valence-corrected chi connectivity index (χ3v) is 2.61. The van der Waals surface area contributed by atoms with Crippen LogP contribution in [0.25, 0.3) is 5.69 Å². The number of aryl methyl sites for hydroxylation is 2. The van der Waals surface area contributed by atoms with E-state index in [1.807, 2.05) is 25.1 Å². The Morgan fingerprint density at radius 3 is 2.69 bits per heavy atom. The van der Waals surface area contributed by atoms with E-state index in [2.05, 4.69) is 22.4 Å². The van der Waals surface area contributed by atoms with Crippen LogP contribution in [-0.2, 0) is 12.8 Å². The Balaban J connectivity index is 2.45. The SMILES string of the molecule is CCc1ccc(-n2nnnc2CC)cc1N. The second kappa shape index (κ2) is 4.30. The summed E-state index contributed by atoms with van der Waals surface area (Å²) in [7, 11) is 0. The van der Waals surface area contributed by atoms with Crippen molar-refractivity contribution < 1.29 is 0 Å². The predicted octanol–water partition coefficient (Wildman–Crippen LogP) is 1.37. The summed E-state index contributed by atoms with van der Waals surface area (Å²) in [5.41, 5.74) is 8.80. The zero-order valence-electron chi connectivity index (χ0n) is 9.51. The molecule has 0 aliphatic rings. The number of benzene rings is 1. The summed E-state index contributed by atoms with van der Waals surface area (Å²) in [5, 5.41) is 11.6. The largest absolute Gasteiger partial charge is 0.398 e. The van der Waals surface area contributed by atoms with Crippen LogP contribution in [-0.4, -0.2) is 20.2 Å². The number of hydrogen-bond donors (Lipinski definition) is 1. The summed E-state index contributed by atoms with van der Waals surface area (Å²) in [6.07, 6.45) is 1.73. The van der Waals surface area contributed by atoms with E-state index in [1.54, 1.807) is 4.68 Å². The summed E-state index contributed by atoms with van der Waals surface area (Å²) in [6, 6.07) is 5.92. The fraction of sp³-hybridized carbons (Fsp3) is 0.364. The molecule has 16 heavy (non-hydrogen) atoms. The first-order chi connectivity index (χ1) is 7.76. The molecule has 0 saturated heterocycles. The van der Waals surface area contributed by atoms with Crippen molar-refractivity contribution in [1.82, 2.24) is 20.2 Å². The first kappa shape index (κ1) is 10.6. The van der Waals surface area contributed by atoms with Crippen molar-refractivity contribution >= 4 is 5.69 Å². The highest BCUT2D eigenvalue weighted by atomic mass is 15.5. The van der Waals surface area contributed by atoms with Gasteiger partial charge in [-0.05, 0) is 34.5 Å². The molecule has 0 aliphatic heterocycles. The van der Waals surface area contributed by atoms with Gasteiger partial charge < -0.3 is 5.73 Å². The average Bonchev–Trinajstić information content (AvgIpc) is 2.77. The fourth-order valence-corrected chi connectivity index (χ4v) is 1.66. The Morgan fingerprint density at radius 2 is 2.06 bits per heavy atom. The number of nitrogen functional groups attached to an aromatic ring is 1. The number of rotatable bonds is 3. The molecule has 1 aromatic heterocycles. The van der Waals surface area contributed by atoms with Crippen molar-refractivity contribution in [2.24, 2.45) is 0 Å². The van der Waals surface area contributed by atoms with E-state index in [9.17, 15) is 0 Å². The van der Waals surface area contributed by atoms with Gasteiger partial charge >= 0.3 is 0 Å². The lowest BCUT2D eigenvalue weighted by molar-refractivity contribution is 0.766. The van der Waals surface area contributed by atoms with Crippen molar-refractivity contribution in [2.75, 3.05) is 5.73 Å². The zero-order chi connectivity index (χ0) is 11.5. The Morgan fingerprint density at radius 1 is 1.25 bits per heavy atom. The Bertz CT molecular complexity index is 489. The molecule has 2 aromatic rings. The Kier molecular flexibility index (Phi) is 2.85. The van der Waals surface area contributed by atoms with Crippen molar-refractivity contribution in [3.8, 4) is 5.69 Å². The van der Waals surface area contributed by atoms with Gasteiger partial charge in [0.1, 0.15) is 0 Å². The van der Waals surface area contributed by atoms with Crippen LogP contribution in [0, 0.1) is 0 Å². The molecule has 84 valence electrons. The van der Waals surface area contributed by atoms with Crippen LogP contribution in [0.4, 0.5) is 5.69 Å². The van der Waals surface area contributed by atoms with Crippen LogP contribution in [0.5, 0.6) is 0 Å². The van der Waals surface area contributed by atoms with Gasteiger partial charge in [-0.25, -0.2) is 0 Å². The summed E-state index contributed by atoms with van der Waals surface area (Å²) < 4.78 is 1.72. The van der Waals surface area contributed by atoms with Crippen LogP contribution in [0.2, 0.25) is 0 Å². The van der Waals surface area contributed by atoms with Gasteiger partial charge in [0.05, 0.1) is 5.69 Å². The highest BCUT2D eigenvalue weighted by Crippen LogP contribution is 2.17. The van der Waals surface area contributed by atoms with Gasteiger partial charge in [-0.15, -0.1) is 5.10 Å². The number of aromatic nitrogens is 4. The minimum absolute atomic E-state index is 0.789. The van der Waals surface area contributed by atoms with E-state index in [4.69, 9.17) is 5.73 Å². The number of nitrogens with two attached hydrogens (primary N) is 1. The van der Waals surface area contributed by atoms with E-state index < -0.39 is 0 Å². The first-order valence-electron chi connectivity index (χ1n) is 5.42. The van der Waals surface area contributed by atoms with Gasteiger partial charge in [-0.3, -0.25) is 0 Å². The highest BCUT2D eigenvalue weighted by molar-refractivity contribution is 5.53. The molecule has 2 N–H and O–H groups in total. The predicted molar refractivity (Wildman–Crippen MR) is 62.3 cm³/mol. The topological polar surface area (TPSA) is 69.6 Å². The normalized spacial score (nSPS) is 10.6. The van der Waals surface area contributed by atoms with Crippen LogP contribution in [0.1, 0.15) is 25.2 Å². The highest BCUT2D eigenvalue weighted by Gasteiger charge is 2.07. The van der Waals surface area contributed by atoms with E-state index in [-0.39, 0.29) is 0 Å². The second-order valence-electron chi connectivity index (χ2n) is 3.60. The van der Waals surface area contributed by atoms with Crippen molar-refractivity contribution in [3.05, 3.63) is 29.6 Å². The summed E-state index contributed by atoms with van der Waals surface area (Å²) in [5.74, 6) is 0.837. The van der Waals surface area contributed by atoms with Gasteiger partial charge in [0.25, 0.3) is 0 Å². The summed E-state index contributed by atoms with van der Waals surface area (Å²) in [4.78, 5) is 0. The third-order valence-electron chi connectivity index (χ3n) is 2.61. The van der Waals surface area contributed by atoms with Crippen molar-refractivity contribution in [1.29, 1.82) is 0 Å².